The number of nitrogens with zero attached hydrogens (tertiary/aromatic N) is 3. The summed E-state index contributed by atoms with van der Waals surface area (Å²) in [5.41, 5.74) is 2.06. The fourth-order valence-corrected chi connectivity index (χ4v) is 2.56. The van der Waals surface area contributed by atoms with Crippen LogP contribution in [-0.4, -0.2) is 32.1 Å². The minimum Gasteiger partial charge on any atom is -0.364 e. The summed E-state index contributed by atoms with van der Waals surface area (Å²) in [6, 6.07) is 4.30. The molecule has 7 nitrogen and oxygen atoms in total. The number of aromatic nitrogens is 4. The molecule has 0 spiro atoms. The van der Waals surface area contributed by atoms with E-state index in [4.69, 9.17) is 4.74 Å². The highest BCUT2D eigenvalue weighted by molar-refractivity contribution is 7.05. The molecule has 120 valence electrons. The number of aromatic amines is 1. The van der Waals surface area contributed by atoms with Crippen LogP contribution in [0.1, 0.15) is 16.4 Å². The van der Waals surface area contributed by atoms with Crippen LogP contribution < -0.4 is 5.32 Å². The van der Waals surface area contributed by atoms with E-state index in [1.54, 1.807) is 6.07 Å². The third-order valence-corrected chi connectivity index (χ3v) is 3.98. The van der Waals surface area contributed by atoms with Crippen LogP contribution in [0.5, 0.6) is 0 Å². The monoisotopic (exact) mass is 335 g/mol. The molecular weight excluding hydrogens is 321 g/mol. The van der Waals surface area contributed by atoms with Crippen molar-refractivity contribution in [2.24, 2.45) is 0 Å². The van der Waals surface area contributed by atoms with Gasteiger partial charge in [0.2, 0.25) is 5.91 Å². The number of nitrogens with one attached hydrogen (secondary N) is 2. The van der Waals surface area contributed by atoms with Crippen LogP contribution >= 0.6 is 11.5 Å². The van der Waals surface area contributed by atoms with Crippen molar-refractivity contribution in [3.05, 3.63) is 40.4 Å². The van der Waals surface area contributed by atoms with Gasteiger partial charge < -0.3 is 15.0 Å². The van der Waals surface area contributed by atoms with Crippen LogP contribution in [0.25, 0.3) is 11.0 Å². The predicted molar refractivity (Wildman–Crippen MR) is 82.2 cm³/mol. The lowest BCUT2D eigenvalue weighted by atomic mass is 10.3. The van der Waals surface area contributed by atoms with E-state index < -0.39 is 0 Å². The van der Waals surface area contributed by atoms with Crippen LogP contribution in [0.15, 0.2) is 18.2 Å². The number of benzene rings is 1. The summed E-state index contributed by atoms with van der Waals surface area (Å²) >= 11 is 1.25. The molecule has 0 aliphatic carbocycles. The summed E-state index contributed by atoms with van der Waals surface area (Å²) in [7, 11) is 0. The van der Waals surface area contributed by atoms with Gasteiger partial charge in [0.05, 0.1) is 28.1 Å². The number of hydrogen-bond acceptors (Lipinski definition) is 6. The van der Waals surface area contributed by atoms with Crippen LogP contribution in [0.2, 0.25) is 0 Å². The normalized spacial score (nSPS) is 11.0. The minimum absolute atomic E-state index is 0.0866. The summed E-state index contributed by atoms with van der Waals surface area (Å²) in [5, 5.41) is 6.60. The van der Waals surface area contributed by atoms with Crippen molar-refractivity contribution in [1.29, 1.82) is 0 Å². The lowest BCUT2D eigenvalue weighted by Crippen LogP contribution is -2.27. The Morgan fingerprint density at radius 1 is 1.48 bits per heavy atom. The summed E-state index contributed by atoms with van der Waals surface area (Å²) in [6.45, 7) is 2.28. The van der Waals surface area contributed by atoms with Crippen LogP contribution in [0.3, 0.4) is 0 Å². The SMILES string of the molecule is Cc1nnsc1CNC(=O)COCc1nc2ccc(F)cc2[nH]1. The standard InChI is InChI=1S/C14H14FN5O2S/c1-8-12(23-20-19-8)5-16-14(21)7-22-6-13-17-10-3-2-9(15)4-11(10)18-13/h2-4H,5-7H2,1H3,(H,16,21)(H,17,18). The number of halogens is 1. The van der Waals surface area contributed by atoms with Crippen molar-refractivity contribution in [2.75, 3.05) is 6.61 Å². The lowest BCUT2D eigenvalue weighted by molar-refractivity contribution is -0.126. The molecule has 0 fully saturated rings. The molecule has 0 bridgehead atoms. The Labute approximate surface area is 135 Å². The summed E-state index contributed by atoms with van der Waals surface area (Å²) < 4.78 is 22.2. The van der Waals surface area contributed by atoms with Gasteiger partial charge in [0.25, 0.3) is 0 Å². The molecule has 0 unspecified atom stereocenters. The van der Waals surface area contributed by atoms with Crippen molar-refractivity contribution in [3.63, 3.8) is 0 Å². The van der Waals surface area contributed by atoms with E-state index in [9.17, 15) is 9.18 Å². The van der Waals surface area contributed by atoms with E-state index in [0.29, 0.717) is 23.4 Å². The maximum Gasteiger partial charge on any atom is 0.246 e. The smallest absolute Gasteiger partial charge is 0.246 e. The fourth-order valence-electron chi connectivity index (χ4n) is 1.99. The second-order valence-corrected chi connectivity index (χ2v) is 5.73. The first-order valence-corrected chi connectivity index (χ1v) is 7.65. The van der Waals surface area contributed by atoms with E-state index >= 15 is 0 Å². The second kappa shape index (κ2) is 6.80. The number of imidazole rings is 1. The maximum atomic E-state index is 13.1. The number of H-pyrrole nitrogens is 1. The van der Waals surface area contributed by atoms with Crippen molar-refractivity contribution in [1.82, 2.24) is 24.9 Å². The first-order chi connectivity index (χ1) is 11.1. The number of ether oxygens (including phenoxy) is 1. The largest absolute Gasteiger partial charge is 0.364 e. The van der Waals surface area contributed by atoms with Gasteiger partial charge in [0.1, 0.15) is 24.9 Å². The Bertz CT molecular complexity index is 832. The molecule has 3 rings (SSSR count). The van der Waals surface area contributed by atoms with Gasteiger partial charge >= 0.3 is 0 Å². The first kappa shape index (κ1) is 15.5. The molecule has 9 heteroatoms. The number of fused-ring (bicyclic) bond motifs is 1. The molecule has 0 aliphatic rings. The predicted octanol–water partition coefficient (Wildman–Crippen LogP) is 1.69. The molecule has 1 amide bonds. The number of hydrogen-bond donors (Lipinski definition) is 2. The van der Waals surface area contributed by atoms with Gasteiger partial charge in [-0.3, -0.25) is 4.79 Å². The molecule has 0 saturated carbocycles. The van der Waals surface area contributed by atoms with Crippen molar-refractivity contribution < 1.29 is 13.9 Å². The quantitative estimate of drug-likeness (QED) is 0.715. The highest BCUT2D eigenvalue weighted by Crippen LogP contribution is 2.13. The zero-order chi connectivity index (χ0) is 16.2. The first-order valence-electron chi connectivity index (χ1n) is 6.88. The molecule has 2 heterocycles. The highest BCUT2D eigenvalue weighted by Gasteiger charge is 2.08. The average molecular weight is 335 g/mol. The highest BCUT2D eigenvalue weighted by atomic mass is 32.1. The Kier molecular flexibility index (Phi) is 4.58. The Morgan fingerprint density at radius 3 is 3.13 bits per heavy atom. The lowest BCUT2D eigenvalue weighted by Gasteiger charge is -2.04. The molecule has 0 radical (unpaired) electrons. The number of aryl methyl sites for hydroxylation is 1. The van der Waals surface area contributed by atoms with Crippen LogP contribution in [0.4, 0.5) is 4.39 Å². The third kappa shape index (κ3) is 3.88. The van der Waals surface area contributed by atoms with Gasteiger partial charge in [-0.2, -0.15) is 0 Å². The molecule has 0 atom stereocenters. The van der Waals surface area contributed by atoms with Gasteiger partial charge in [-0.05, 0) is 36.7 Å². The topological polar surface area (TPSA) is 92.8 Å². The number of carbonyl (C=O) groups excluding carboxylic acids is 1. The van der Waals surface area contributed by atoms with E-state index in [1.807, 2.05) is 6.92 Å². The fraction of sp³-hybridized carbons (Fsp3) is 0.286. The summed E-state index contributed by atoms with van der Waals surface area (Å²) in [4.78, 5) is 19.8. The molecule has 23 heavy (non-hydrogen) atoms. The van der Waals surface area contributed by atoms with E-state index in [2.05, 4.69) is 24.9 Å². The minimum atomic E-state index is -0.333. The molecule has 2 N–H and O–H groups in total. The maximum absolute atomic E-state index is 13.1. The summed E-state index contributed by atoms with van der Waals surface area (Å²) in [6.07, 6.45) is 0. The molecule has 0 saturated heterocycles. The molecule has 2 aromatic heterocycles. The second-order valence-electron chi connectivity index (χ2n) is 4.90. The van der Waals surface area contributed by atoms with Crippen LogP contribution in [0, 0.1) is 12.7 Å². The third-order valence-electron chi connectivity index (χ3n) is 3.16. The molecule has 1 aromatic carbocycles. The van der Waals surface area contributed by atoms with Crippen LogP contribution in [-0.2, 0) is 22.7 Å². The van der Waals surface area contributed by atoms with Crippen molar-refractivity contribution in [2.45, 2.75) is 20.1 Å². The van der Waals surface area contributed by atoms with Gasteiger partial charge in [-0.1, -0.05) is 4.49 Å². The summed E-state index contributed by atoms with van der Waals surface area (Å²) in [5.74, 6) is -0.0262. The number of amides is 1. The average Bonchev–Trinajstić information content (AvgIpc) is 3.10. The van der Waals surface area contributed by atoms with Crippen molar-refractivity contribution in [3.8, 4) is 0 Å². The molecule has 0 aliphatic heterocycles. The van der Waals surface area contributed by atoms with Gasteiger partial charge in [0, 0.05) is 0 Å². The van der Waals surface area contributed by atoms with Gasteiger partial charge in [-0.25, -0.2) is 9.37 Å². The molecular formula is C14H14FN5O2S. The number of rotatable bonds is 6. The zero-order valence-electron chi connectivity index (χ0n) is 12.3. The van der Waals surface area contributed by atoms with E-state index in [1.165, 1.54) is 23.7 Å². The number of carbonyl (C=O) groups is 1. The van der Waals surface area contributed by atoms with Crippen molar-refractivity contribution >= 4 is 28.5 Å². The zero-order valence-corrected chi connectivity index (χ0v) is 13.1. The Hall–Kier alpha value is -2.39. The van der Waals surface area contributed by atoms with E-state index in [-0.39, 0.29) is 24.9 Å². The van der Waals surface area contributed by atoms with Gasteiger partial charge in [0.15, 0.2) is 0 Å². The Morgan fingerprint density at radius 2 is 2.35 bits per heavy atom. The Balaban J connectivity index is 1.46. The molecule has 3 aromatic rings. The van der Waals surface area contributed by atoms with E-state index in [0.717, 1.165) is 10.6 Å². The van der Waals surface area contributed by atoms with Gasteiger partial charge in [-0.15, -0.1) is 5.10 Å².